The van der Waals surface area contributed by atoms with E-state index in [0.717, 1.165) is 48.0 Å². The van der Waals surface area contributed by atoms with Crippen molar-refractivity contribution >= 4 is 21.8 Å². The second-order valence-corrected chi connectivity index (χ2v) is 7.73. The molecule has 0 saturated carbocycles. The molecule has 0 aliphatic carbocycles. The topological polar surface area (TPSA) is 59.2 Å². The van der Waals surface area contributed by atoms with Crippen LogP contribution in [0.2, 0.25) is 0 Å². The number of halogens is 1. The van der Waals surface area contributed by atoms with E-state index in [1.54, 1.807) is 0 Å². The number of aromatic nitrogens is 2. The van der Waals surface area contributed by atoms with Gasteiger partial charge in [-0.2, -0.15) is 0 Å². The molecule has 5 nitrogen and oxygen atoms in total. The fraction of sp³-hybridized carbons (Fsp3) is 0.286. The van der Waals surface area contributed by atoms with Crippen LogP contribution in [0.4, 0.5) is 0 Å². The van der Waals surface area contributed by atoms with Crippen molar-refractivity contribution < 1.29 is 9.21 Å². The number of carbonyl (C=O) groups is 1. The Morgan fingerprint density at radius 2 is 1.74 bits per heavy atom. The van der Waals surface area contributed by atoms with Crippen molar-refractivity contribution in [2.45, 2.75) is 19.3 Å². The number of hydrogen-bond acceptors (Lipinski definition) is 4. The monoisotopic (exact) mass is 425 g/mol. The summed E-state index contributed by atoms with van der Waals surface area (Å²) in [6.45, 7) is 1.53. The van der Waals surface area contributed by atoms with Gasteiger partial charge in [0.15, 0.2) is 0 Å². The van der Waals surface area contributed by atoms with E-state index in [1.165, 1.54) is 0 Å². The van der Waals surface area contributed by atoms with E-state index in [-0.39, 0.29) is 5.91 Å². The van der Waals surface area contributed by atoms with Gasteiger partial charge in [0.25, 0.3) is 5.91 Å². The standard InChI is InChI=1S/C21H20BrN3O2/c22-18-8-6-17(7-9-18)21(26)25-12-10-15(11-13-25)14-19-23-24-20(27-19)16-4-2-1-3-5-16/h1-9,15H,10-14H2. The number of likely N-dealkylation sites (tertiary alicyclic amines) is 1. The van der Waals surface area contributed by atoms with Crippen LogP contribution in [0.3, 0.4) is 0 Å². The minimum absolute atomic E-state index is 0.102. The first-order chi connectivity index (χ1) is 13.2. The average Bonchev–Trinajstić information content (AvgIpc) is 3.18. The Morgan fingerprint density at radius 3 is 2.44 bits per heavy atom. The molecular weight excluding hydrogens is 406 g/mol. The van der Waals surface area contributed by atoms with Crippen molar-refractivity contribution in [2.24, 2.45) is 5.92 Å². The highest BCUT2D eigenvalue weighted by Crippen LogP contribution is 2.24. The van der Waals surface area contributed by atoms with Gasteiger partial charge < -0.3 is 9.32 Å². The van der Waals surface area contributed by atoms with E-state index in [4.69, 9.17) is 4.42 Å². The van der Waals surface area contributed by atoms with E-state index in [0.29, 0.717) is 17.7 Å². The molecule has 0 unspecified atom stereocenters. The number of rotatable bonds is 4. The molecule has 1 aliphatic heterocycles. The third kappa shape index (κ3) is 4.27. The molecule has 1 aliphatic rings. The Hall–Kier alpha value is -2.47. The molecule has 0 atom stereocenters. The van der Waals surface area contributed by atoms with Crippen LogP contribution in [0.15, 0.2) is 63.5 Å². The van der Waals surface area contributed by atoms with Gasteiger partial charge in [0.05, 0.1) is 0 Å². The molecule has 0 spiro atoms. The maximum atomic E-state index is 12.6. The molecule has 0 radical (unpaired) electrons. The first-order valence-corrected chi connectivity index (χ1v) is 9.91. The van der Waals surface area contributed by atoms with E-state index in [1.807, 2.05) is 59.5 Å². The van der Waals surface area contributed by atoms with Gasteiger partial charge in [0.1, 0.15) is 0 Å². The zero-order valence-electron chi connectivity index (χ0n) is 14.8. The summed E-state index contributed by atoms with van der Waals surface area (Å²) in [6, 6.07) is 17.3. The third-order valence-corrected chi connectivity index (χ3v) is 5.47. The first kappa shape index (κ1) is 17.9. The molecule has 1 amide bonds. The molecule has 0 bridgehead atoms. The van der Waals surface area contributed by atoms with Gasteiger partial charge in [0, 0.05) is 35.1 Å². The number of benzene rings is 2. The van der Waals surface area contributed by atoms with E-state index < -0.39 is 0 Å². The number of nitrogens with zero attached hydrogens (tertiary/aromatic N) is 3. The summed E-state index contributed by atoms with van der Waals surface area (Å²) < 4.78 is 6.80. The summed E-state index contributed by atoms with van der Waals surface area (Å²) in [6.07, 6.45) is 2.66. The zero-order chi connectivity index (χ0) is 18.6. The molecule has 1 saturated heterocycles. The van der Waals surface area contributed by atoms with Crippen LogP contribution in [-0.2, 0) is 6.42 Å². The first-order valence-electron chi connectivity index (χ1n) is 9.11. The minimum atomic E-state index is 0.102. The maximum Gasteiger partial charge on any atom is 0.253 e. The second kappa shape index (κ2) is 8.05. The molecule has 2 aromatic carbocycles. The molecule has 3 aromatic rings. The predicted molar refractivity (Wildman–Crippen MR) is 106 cm³/mol. The highest BCUT2D eigenvalue weighted by Gasteiger charge is 2.25. The summed E-state index contributed by atoms with van der Waals surface area (Å²) >= 11 is 3.40. The van der Waals surface area contributed by atoms with E-state index in [2.05, 4.69) is 26.1 Å². The second-order valence-electron chi connectivity index (χ2n) is 6.81. The van der Waals surface area contributed by atoms with Crippen molar-refractivity contribution in [1.82, 2.24) is 15.1 Å². The van der Waals surface area contributed by atoms with Crippen LogP contribution in [0.5, 0.6) is 0 Å². The van der Waals surface area contributed by atoms with Gasteiger partial charge in [-0.3, -0.25) is 4.79 Å². The van der Waals surface area contributed by atoms with Gasteiger partial charge in [-0.15, -0.1) is 10.2 Å². The fourth-order valence-electron chi connectivity index (χ4n) is 3.40. The van der Waals surface area contributed by atoms with Crippen LogP contribution < -0.4 is 0 Å². The molecule has 4 rings (SSSR count). The minimum Gasteiger partial charge on any atom is -0.421 e. The summed E-state index contributed by atoms with van der Waals surface area (Å²) in [5, 5.41) is 8.35. The van der Waals surface area contributed by atoms with Crippen LogP contribution >= 0.6 is 15.9 Å². The summed E-state index contributed by atoms with van der Waals surface area (Å²) in [7, 11) is 0. The van der Waals surface area contributed by atoms with Crippen LogP contribution in [0.1, 0.15) is 29.1 Å². The van der Waals surface area contributed by atoms with Gasteiger partial charge >= 0.3 is 0 Å². The lowest BCUT2D eigenvalue weighted by Crippen LogP contribution is -2.38. The molecule has 2 heterocycles. The highest BCUT2D eigenvalue weighted by molar-refractivity contribution is 9.10. The van der Waals surface area contributed by atoms with Crippen LogP contribution in [0, 0.1) is 5.92 Å². The van der Waals surface area contributed by atoms with Crippen LogP contribution in [0.25, 0.3) is 11.5 Å². The van der Waals surface area contributed by atoms with Gasteiger partial charge in [0.2, 0.25) is 11.8 Å². The van der Waals surface area contributed by atoms with Crippen molar-refractivity contribution in [1.29, 1.82) is 0 Å². The smallest absolute Gasteiger partial charge is 0.253 e. The van der Waals surface area contributed by atoms with Gasteiger partial charge in [-0.25, -0.2) is 0 Å². The van der Waals surface area contributed by atoms with Crippen LogP contribution in [-0.4, -0.2) is 34.1 Å². The molecule has 138 valence electrons. The Morgan fingerprint density at radius 1 is 1.04 bits per heavy atom. The number of piperidine rings is 1. The average molecular weight is 426 g/mol. The Bertz CT molecular complexity index is 901. The predicted octanol–water partition coefficient (Wildman–Crippen LogP) is 4.59. The lowest BCUT2D eigenvalue weighted by molar-refractivity contribution is 0.0688. The third-order valence-electron chi connectivity index (χ3n) is 4.94. The molecule has 0 N–H and O–H groups in total. The van der Waals surface area contributed by atoms with E-state index >= 15 is 0 Å². The SMILES string of the molecule is O=C(c1ccc(Br)cc1)N1CCC(Cc2nnc(-c3ccccc3)o2)CC1. The molecule has 1 aromatic heterocycles. The maximum absolute atomic E-state index is 12.6. The van der Waals surface area contributed by atoms with E-state index in [9.17, 15) is 4.79 Å². The lowest BCUT2D eigenvalue weighted by atomic mass is 9.93. The fourth-order valence-corrected chi connectivity index (χ4v) is 3.66. The van der Waals surface area contributed by atoms with Crippen molar-refractivity contribution in [3.05, 3.63) is 70.5 Å². The van der Waals surface area contributed by atoms with Crippen molar-refractivity contribution in [3.63, 3.8) is 0 Å². The van der Waals surface area contributed by atoms with Crippen molar-refractivity contribution in [3.8, 4) is 11.5 Å². The number of hydrogen-bond donors (Lipinski definition) is 0. The summed E-state index contributed by atoms with van der Waals surface area (Å²) in [4.78, 5) is 14.5. The van der Waals surface area contributed by atoms with Gasteiger partial charge in [-0.1, -0.05) is 34.1 Å². The molecule has 27 heavy (non-hydrogen) atoms. The number of amides is 1. The Labute approximate surface area is 166 Å². The molecule has 6 heteroatoms. The normalized spacial score (nSPS) is 15.1. The summed E-state index contributed by atoms with van der Waals surface area (Å²) in [5.74, 6) is 1.80. The lowest BCUT2D eigenvalue weighted by Gasteiger charge is -2.31. The Balaban J connectivity index is 1.33. The van der Waals surface area contributed by atoms with Crippen molar-refractivity contribution in [2.75, 3.05) is 13.1 Å². The Kier molecular flexibility index (Phi) is 5.34. The van der Waals surface area contributed by atoms with Gasteiger partial charge in [-0.05, 0) is 55.2 Å². The zero-order valence-corrected chi connectivity index (χ0v) is 16.4. The molecule has 1 fully saturated rings. The summed E-state index contributed by atoms with van der Waals surface area (Å²) in [5.41, 5.74) is 1.67. The molecular formula is C21H20BrN3O2. The quantitative estimate of drug-likeness (QED) is 0.612. The largest absolute Gasteiger partial charge is 0.421 e. The number of carbonyl (C=O) groups excluding carboxylic acids is 1. The highest BCUT2D eigenvalue weighted by atomic mass is 79.9.